The molecule has 0 radical (unpaired) electrons. The van der Waals surface area contributed by atoms with Crippen molar-refractivity contribution < 1.29 is 26.8 Å². The first-order valence-corrected chi connectivity index (χ1v) is 6.42. The van der Waals surface area contributed by atoms with E-state index in [1.807, 2.05) is 0 Å². The number of hydrogen-bond donors (Lipinski definition) is 1. The smallest absolute Gasteiger partial charge is 0.419 e. The van der Waals surface area contributed by atoms with Crippen LogP contribution >= 0.6 is 0 Å². The zero-order valence-corrected chi connectivity index (χ0v) is 11.8. The van der Waals surface area contributed by atoms with Gasteiger partial charge in [-0.3, -0.25) is 4.79 Å². The zero-order chi connectivity index (χ0) is 16.5. The van der Waals surface area contributed by atoms with Gasteiger partial charge in [0.15, 0.2) is 0 Å². The lowest BCUT2D eigenvalue weighted by atomic mass is 10.1. The van der Waals surface area contributed by atoms with E-state index in [-0.39, 0.29) is 5.56 Å². The Kier molecular flexibility index (Phi) is 4.25. The average molecular weight is 315 g/mol. The van der Waals surface area contributed by atoms with Gasteiger partial charge >= 0.3 is 6.18 Å². The number of aryl methyl sites for hydroxylation is 1. The summed E-state index contributed by atoms with van der Waals surface area (Å²) in [5.41, 5.74) is -1.74. The second-order valence-corrected chi connectivity index (χ2v) is 4.84. The Bertz CT molecular complexity index is 691. The zero-order valence-electron chi connectivity index (χ0n) is 11.8. The normalized spacial score (nSPS) is 13.0. The summed E-state index contributed by atoms with van der Waals surface area (Å²) in [4.78, 5) is 12.0. The van der Waals surface area contributed by atoms with Gasteiger partial charge in [0.05, 0.1) is 11.6 Å². The number of halogens is 4. The molecule has 2 aromatic rings. The van der Waals surface area contributed by atoms with E-state index in [1.54, 1.807) is 26.0 Å². The van der Waals surface area contributed by atoms with Crippen LogP contribution in [-0.4, -0.2) is 5.91 Å². The monoisotopic (exact) mass is 315 g/mol. The molecule has 1 aromatic carbocycles. The Morgan fingerprint density at radius 3 is 2.45 bits per heavy atom. The van der Waals surface area contributed by atoms with Gasteiger partial charge < -0.3 is 9.73 Å². The molecule has 1 unspecified atom stereocenters. The number of benzene rings is 1. The van der Waals surface area contributed by atoms with Crippen molar-refractivity contribution in [3.8, 4) is 0 Å². The van der Waals surface area contributed by atoms with Crippen LogP contribution in [0.4, 0.5) is 17.6 Å². The van der Waals surface area contributed by atoms with Crippen molar-refractivity contribution in [2.45, 2.75) is 26.1 Å². The second kappa shape index (κ2) is 5.82. The van der Waals surface area contributed by atoms with Crippen molar-refractivity contribution in [2.24, 2.45) is 0 Å². The summed E-state index contributed by atoms with van der Waals surface area (Å²) in [5.74, 6) is -1.04. The van der Waals surface area contributed by atoms with Crippen LogP contribution in [0, 0.1) is 12.7 Å². The molecule has 1 aromatic heterocycles. The highest BCUT2D eigenvalue weighted by atomic mass is 19.4. The molecule has 1 atom stereocenters. The van der Waals surface area contributed by atoms with E-state index >= 15 is 0 Å². The number of amides is 1. The van der Waals surface area contributed by atoms with E-state index in [0.717, 1.165) is 6.07 Å². The Hall–Kier alpha value is -2.31. The Balaban J connectivity index is 2.19. The summed E-state index contributed by atoms with van der Waals surface area (Å²) in [6.07, 6.45) is -4.86. The van der Waals surface area contributed by atoms with E-state index < -0.39 is 29.5 Å². The van der Waals surface area contributed by atoms with Crippen LogP contribution in [0.25, 0.3) is 0 Å². The van der Waals surface area contributed by atoms with Gasteiger partial charge in [-0.05, 0) is 44.2 Å². The van der Waals surface area contributed by atoms with Gasteiger partial charge in [0, 0.05) is 5.56 Å². The van der Waals surface area contributed by atoms with Crippen LogP contribution in [0.5, 0.6) is 0 Å². The maximum absolute atomic E-state index is 13.2. The first-order chi connectivity index (χ1) is 10.2. The maximum atomic E-state index is 13.2. The summed E-state index contributed by atoms with van der Waals surface area (Å²) in [6.45, 7) is 3.36. The summed E-state index contributed by atoms with van der Waals surface area (Å²) < 4.78 is 56.4. The van der Waals surface area contributed by atoms with Gasteiger partial charge in [0.1, 0.15) is 17.3 Å². The lowest BCUT2D eigenvalue weighted by Crippen LogP contribution is -2.26. The molecule has 0 spiro atoms. The third kappa shape index (κ3) is 3.47. The van der Waals surface area contributed by atoms with Gasteiger partial charge in [0.25, 0.3) is 5.91 Å². The number of carbonyl (C=O) groups excluding carboxylic acids is 1. The van der Waals surface area contributed by atoms with E-state index in [1.165, 1.54) is 0 Å². The van der Waals surface area contributed by atoms with E-state index in [9.17, 15) is 22.4 Å². The van der Waals surface area contributed by atoms with Crippen LogP contribution in [0.2, 0.25) is 0 Å². The fourth-order valence-corrected chi connectivity index (χ4v) is 1.92. The Morgan fingerprint density at radius 1 is 1.23 bits per heavy atom. The largest absolute Gasteiger partial charge is 0.464 e. The third-order valence-electron chi connectivity index (χ3n) is 3.07. The molecule has 0 saturated heterocycles. The Labute approximate surface area is 123 Å². The fourth-order valence-electron chi connectivity index (χ4n) is 1.92. The van der Waals surface area contributed by atoms with E-state index in [4.69, 9.17) is 4.42 Å². The molecule has 0 aliphatic rings. The van der Waals surface area contributed by atoms with Crippen molar-refractivity contribution in [2.75, 3.05) is 0 Å². The topological polar surface area (TPSA) is 42.2 Å². The molecule has 0 fully saturated rings. The number of alkyl halides is 3. The molecule has 1 N–H and O–H groups in total. The Morgan fingerprint density at radius 2 is 1.91 bits per heavy atom. The maximum Gasteiger partial charge on any atom is 0.419 e. The summed E-state index contributed by atoms with van der Waals surface area (Å²) in [5, 5.41) is 2.50. The molecule has 22 heavy (non-hydrogen) atoms. The second-order valence-electron chi connectivity index (χ2n) is 4.84. The van der Waals surface area contributed by atoms with Gasteiger partial charge in [0.2, 0.25) is 0 Å². The standard InChI is InChI=1S/C15H13F4NO2/c1-8-3-6-13(22-8)9(2)20-14(21)10-4-5-12(16)11(7-10)15(17,18)19/h3-7,9H,1-2H3,(H,20,21). The lowest BCUT2D eigenvalue weighted by Gasteiger charge is -2.13. The number of nitrogens with one attached hydrogen (secondary N) is 1. The number of hydrogen-bond acceptors (Lipinski definition) is 2. The first kappa shape index (κ1) is 16.1. The van der Waals surface area contributed by atoms with Crippen molar-refractivity contribution in [3.63, 3.8) is 0 Å². The molecule has 1 amide bonds. The predicted molar refractivity (Wildman–Crippen MR) is 70.7 cm³/mol. The molecule has 0 saturated carbocycles. The number of carbonyl (C=O) groups is 1. The highest BCUT2D eigenvalue weighted by Crippen LogP contribution is 2.32. The average Bonchev–Trinajstić information content (AvgIpc) is 2.84. The van der Waals surface area contributed by atoms with Crippen molar-refractivity contribution >= 4 is 5.91 Å². The molecule has 0 aliphatic carbocycles. The number of furan rings is 1. The minimum atomic E-state index is -4.86. The minimum absolute atomic E-state index is 0.274. The fraction of sp³-hybridized carbons (Fsp3) is 0.267. The SMILES string of the molecule is Cc1ccc(C(C)NC(=O)c2ccc(F)c(C(F)(F)F)c2)o1. The van der Waals surface area contributed by atoms with Crippen LogP contribution < -0.4 is 5.32 Å². The van der Waals surface area contributed by atoms with Crippen LogP contribution in [0.1, 0.15) is 40.4 Å². The lowest BCUT2D eigenvalue weighted by molar-refractivity contribution is -0.140. The van der Waals surface area contributed by atoms with Gasteiger partial charge in [-0.25, -0.2) is 4.39 Å². The number of rotatable bonds is 3. The molecule has 0 bridgehead atoms. The predicted octanol–water partition coefficient (Wildman–Crippen LogP) is 4.24. The van der Waals surface area contributed by atoms with Crippen LogP contribution in [0.3, 0.4) is 0 Å². The van der Waals surface area contributed by atoms with Crippen molar-refractivity contribution in [1.82, 2.24) is 5.32 Å². The summed E-state index contributed by atoms with van der Waals surface area (Å²) >= 11 is 0. The van der Waals surface area contributed by atoms with Crippen LogP contribution in [0.15, 0.2) is 34.7 Å². The highest BCUT2D eigenvalue weighted by molar-refractivity contribution is 5.94. The quantitative estimate of drug-likeness (QED) is 0.861. The molecule has 1 heterocycles. The minimum Gasteiger partial charge on any atom is -0.464 e. The molecule has 118 valence electrons. The van der Waals surface area contributed by atoms with Gasteiger partial charge in [-0.15, -0.1) is 0 Å². The molecular formula is C15H13F4NO2. The van der Waals surface area contributed by atoms with Gasteiger partial charge in [-0.2, -0.15) is 13.2 Å². The summed E-state index contributed by atoms with van der Waals surface area (Å²) in [7, 11) is 0. The molecule has 3 nitrogen and oxygen atoms in total. The first-order valence-electron chi connectivity index (χ1n) is 6.42. The molecule has 0 aliphatic heterocycles. The molecular weight excluding hydrogens is 302 g/mol. The van der Waals surface area contributed by atoms with E-state index in [0.29, 0.717) is 23.7 Å². The van der Waals surface area contributed by atoms with Crippen molar-refractivity contribution in [1.29, 1.82) is 0 Å². The van der Waals surface area contributed by atoms with Crippen molar-refractivity contribution in [3.05, 3.63) is 58.8 Å². The highest BCUT2D eigenvalue weighted by Gasteiger charge is 2.34. The van der Waals surface area contributed by atoms with E-state index in [2.05, 4.69) is 5.32 Å². The van der Waals surface area contributed by atoms with Crippen LogP contribution in [-0.2, 0) is 6.18 Å². The molecule has 2 rings (SSSR count). The molecule has 7 heteroatoms. The third-order valence-corrected chi connectivity index (χ3v) is 3.07. The summed E-state index contributed by atoms with van der Waals surface area (Å²) in [6, 6.07) is 4.95. The van der Waals surface area contributed by atoms with Gasteiger partial charge in [-0.1, -0.05) is 0 Å².